The summed E-state index contributed by atoms with van der Waals surface area (Å²) in [4.78, 5) is 11.7. The largest absolute Gasteiger partial charge is 0.481 e. The molecule has 0 aromatic heterocycles. The molecule has 1 saturated carbocycles. The van der Waals surface area contributed by atoms with Gasteiger partial charge in [0, 0.05) is 6.61 Å². The van der Waals surface area contributed by atoms with Crippen molar-refractivity contribution >= 4 is 5.97 Å². The first-order chi connectivity index (χ1) is 8.44. The minimum Gasteiger partial charge on any atom is -0.481 e. The molecule has 1 aliphatic heterocycles. The maximum Gasteiger partial charge on any atom is 0.309 e. The number of aliphatic carboxylic acids is 1. The number of hydrogen-bond donors (Lipinski definition) is 1. The van der Waals surface area contributed by atoms with Gasteiger partial charge in [-0.3, -0.25) is 4.79 Å². The molecule has 1 aliphatic carbocycles. The van der Waals surface area contributed by atoms with E-state index >= 15 is 0 Å². The van der Waals surface area contributed by atoms with Crippen LogP contribution in [0.25, 0.3) is 0 Å². The van der Waals surface area contributed by atoms with Crippen molar-refractivity contribution in [3.63, 3.8) is 0 Å². The lowest BCUT2D eigenvalue weighted by atomic mass is 9.63. The molecule has 1 N–H and O–H groups in total. The van der Waals surface area contributed by atoms with Crippen molar-refractivity contribution in [3.8, 4) is 0 Å². The zero-order valence-corrected chi connectivity index (χ0v) is 11.7. The summed E-state index contributed by atoms with van der Waals surface area (Å²) in [7, 11) is 0. The average Bonchev–Trinajstić information content (AvgIpc) is 2.81. The van der Waals surface area contributed by atoms with Gasteiger partial charge in [-0.05, 0) is 56.8 Å². The van der Waals surface area contributed by atoms with Gasteiger partial charge in [0.2, 0.25) is 0 Å². The molecule has 0 radical (unpaired) electrons. The Kier molecular flexibility index (Phi) is 4.00. The molecule has 18 heavy (non-hydrogen) atoms. The van der Waals surface area contributed by atoms with Crippen molar-refractivity contribution in [2.45, 2.75) is 71.3 Å². The Morgan fingerprint density at radius 3 is 2.44 bits per heavy atom. The van der Waals surface area contributed by atoms with Crippen molar-refractivity contribution in [3.05, 3.63) is 0 Å². The number of ether oxygens (including phenoxy) is 1. The number of hydrogen-bond acceptors (Lipinski definition) is 2. The molecule has 1 saturated heterocycles. The van der Waals surface area contributed by atoms with Crippen LogP contribution in [0.2, 0.25) is 0 Å². The van der Waals surface area contributed by atoms with E-state index in [1.54, 1.807) is 0 Å². The highest BCUT2D eigenvalue weighted by Crippen LogP contribution is 2.48. The Hall–Kier alpha value is -0.570. The zero-order chi connectivity index (χ0) is 13.2. The molecule has 0 bridgehead atoms. The summed E-state index contributed by atoms with van der Waals surface area (Å²) >= 11 is 0. The standard InChI is InChI=1S/C15H26O3/c1-14(2)7-9-15(10-8-14,13(16)17)6-5-12-4-3-11-18-12/h12H,3-11H2,1-2H3,(H,16,17). The summed E-state index contributed by atoms with van der Waals surface area (Å²) in [6.45, 7) is 5.36. The highest BCUT2D eigenvalue weighted by Gasteiger charge is 2.44. The Morgan fingerprint density at radius 2 is 1.94 bits per heavy atom. The first kappa shape index (κ1) is 13.9. The molecular formula is C15H26O3. The summed E-state index contributed by atoms with van der Waals surface area (Å²) in [6.07, 6.45) is 8.02. The summed E-state index contributed by atoms with van der Waals surface area (Å²) in [5.41, 5.74) is -0.149. The Balaban J connectivity index is 1.93. The van der Waals surface area contributed by atoms with E-state index < -0.39 is 11.4 Å². The third-order valence-corrected chi connectivity index (χ3v) is 4.98. The minimum absolute atomic E-state index is 0.316. The molecule has 1 atom stereocenters. The van der Waals surface area contributed by atoms with Crippen molar-refractivity contribution < 1.29 is 14.6 Å². The van der Waals surface area contributed by atoms with Gasteiger partial charge in [-0.1, -0.05) is 13.8 Å². The van der Waals surface area contributed by atoms with Crippen LogP contribution in [0.4, 0.5) is 0 Å². The van der Waals surface area contributed by atoms with Gasteiger partial charge in [0.15, 0.2) is 0 Å². The van der Waals surface area contributed by atoms with Gasteiger partial charge in [0.05, 0.1) is 11.5 Å². The molecule has 0 spiro atoms. The van der Waals surface area contributed by atoms with Crippen LogP contribution in [-0.4, -0.2) is 23.8 Å². The topological polar surface area (TPSA) is 46.5 Å². The molecule has 0 amide bonds. The Labute approximate surface area is 110 Å². The number of carboxylic acids is 1. The molecule has 1 unspecified atom stereocenters. The molecule has 2 aliphatic rings. The van der Waals surface area contributed by atoms with E-state index in [-0.39, 0.29) is 0 Å². The van der Waals surface area contributed by atoms with Crippen LogP contribution in [0.3, 0.4) is 0 Å². The first-order valence-corrected chi connectivity index (χ1v) is 7.29. The van der Waals surface area contributed by atoms with E-state index in [9.17, 15) is 9.90 Å². The first-order valence-electron chi connectivity index (χ1n) is 7.29. The fourth-order valence-corrected chi connectivity index (χ4v) is 3.29. The second kappa shape index (κ2) is 5.20. The van der Waals surface area contributed by atoms with E-state index in [1.165, 1.54) is 0 Å². The number of carbonyl (C=O) groups is 1. The van der Waals surface area contributed by atoms with Gasteiger partial charge in [0.1, 0.15) is 0 Å². The molecule has 0 aromatic carbocycles. The van der Waals surface area contributed by atoms with Gasteiger partial charge in [-0.15, -0.1) is 0 Å². The second-order valence-corrected chi connectivity index (χ2v) is 6.92. The van der Waals surface area contributed by atoms with Gasteiger partial charge in [-0.25, -0.2) is 0 Å². The lowest BCUT2D eigenvalue weighted by Gasteiger charge is -2.41. The van der Waals surface area contributed by atoms with Crippen molar-refractivity contribution in [2.75, 3.05) is 6.61 Å². The maximum atomic E-state index is 11.7. The van der Waals surface area contributed by atoms with Crippen LogP contribution in [0.5, 0.6) is 0 Å². The lowest BCUT2D eigenvalue weighted by Crippen LogP contribution is -2.38. The summed E-state index contributed by atoms with van der Waals surface area (Å²) in [6, 6.07) is 0. The fraction of sp³-hybridized carbons (Fsp3) is 0.933. The van der Waals surface area contributed by atoms with E-state index in [1.807, 2.05) is 0 Å². The zero-order valence-electron chi connectivity index (χ0n) is 11.7. The van der Waals surface area contributed by atoms with E-state index in [0.717, 1.165) is 58.0 Å². The molecule has 3 heteroatoms. The fourth-order valence-electron chi connectivity index (χ4n) is 3.29. The van der Waals surface area contributed by atoms with E-state index in [4.69, 9.17) is 4.74 Å². The Morgan fingerprint density at radius 1 is 1.28 bits per heavy atom. The smallest absolute Gasteiger partial charge is 0.309 e. The summed E-state index contributed by atoms with van der Waals surface area (Å²) < 4.78 is 5.62. The van der Waals surface area contributed by atoms with Gasteiger partial charge >= 0.3 is 5.97 Å². The van der Waals surface area contributed by atoms with Crippen LogP contribution < -0.4 is 0 Å². The highest BCUT2D eigenvalue weighted by atomic mass is 16.5. The summed E-state index contributed by atoms with van der Waals surface area (Å²) in [5.74, 6) is -0.587. The monoisotopic (exact) mass is 254 g/mol. The van der Waals surface area contributed by atoms with Crippen LogP contribution in [-0.2, 0) is 9.53 Å². The van der Waals surface area contributed by atoms with Crippen LogP contribution in [0, 0.1) is 10.8 Å². The van der Waals surface area contributed by atoms with Crippen molar-refractivity contribution in [1.82, 2.24) is 0 Å². The summed E-state index contributed by atoms with van der Waals surface area (Å²) in [5, 5.41) is 9.59. The van der Waals surface area contributed by atoms with Gasteiger partial charge in [-0.2, -0.15) is 0 Å². The maximum absolute atomic E-state index is 11.7. The SMILES string of the molecule is CC1(C)CCC(CCC2CCCO2)(C(=O)O)CC1. The molecule has 3 nitrogen and oxygen atoms in total. The van der Waals surface area contributed by atoms with Crippen LogP contribution in [0.15, 0.2) is 0 Å². The molecular weight excluding hydrogens is 228 g/mol. The molecule has 2 fully saturated rings. The van der Waals surface area contributed by atoms with E-state index in [0.29, 0.717) is 11.5 Å². The van der Waals surface area contributed by atoms with Gasteiger partial charge in [0.25, 0.3) is 0 Å². The highest BCUT2D eigenvalue weighted by molar-refractivity contribution is 5.74. The normalized spacial score (nSPS) is 30.2. The average molecular weight is 254 g/mol. The van der Waals surface area contributed by atoms with Crippen molar-refractivity contribution in [2.24, 2.45) is 10.8 Å². The number of carboxylic acid groups (broad SMARTS) is 1. The van der Waals surface area contributed by atoms with Crippen LogP contribution >= 0.6 is 0 Å². The molecule has 1 heterocycles. The molecule has 0 aromatic rings. The third-order valence-electron chi connectivity index (χ3n) is 4.98. The lowest BCUT2D eigenvalue weighted by molar-refractivity contribution is -0.153. The minimum atomic E-state index is -0.587. The third kappa shape index (κ3) is 3.05. The van der Waals surface area contributed by atoms with Gasteiger partial charge < -0.3 is 9.84 Å². The van der Waals surface area contributed by atoms with Crippen LogP contribution in [0.1, 0.15) is 65.2 Å². The van der Waals surface area contributed by atoms with Crippen molar-refractivity contribution in [1.29, 1.82) is 0 Å². The predicted molar refractivity (Wildman–Crippen MR) is 70.5 cm³/mol. The predicted octanol–water partition coefficient (Wildman–Crippen LogP) is 3.62. The number of rotatable bonds is 4. The quantitative estimate of drug-likeness (QED) is 0.833. The molecule has 104 valence electrons. The van der Waals surface area contributed by atoms with E-state index in [2.05, 4.69) is 13.8 Å². The Bertz CT molecular complexity index is 293. The molecule has 2 rings (SSSR count). The second-order valence-electron chi connectivity index (χ2n) is 6.92.